The van der Waals surface area contributed by atoms with E-state index in [0.717, 1.165) is 30.4 Å². The molecule has 0 atom stereocenters. The SMILES string of the molecule is N#Cc1c[nH]c2ccc(C(=O)NCc3cccc4c3CCNC4)cc12. The standard InChI is InChI=1S/C20H18N4O/c21-9-16-12-23-19-5-4-13(8-18(16)19)20(25)24-11-15-3-1-2-14-10-22-7-6-17(14)15/h1-5,8,12,22-23H,6-7,10-11H2,(H,24,25). The molecule has 5 nitrogen and oxygen atoms in total. The van der Waals surface area contributed by atoms with Crippen LogP contribution in [0.15, 0.2) is 42.6 Å². The van der Waals surface area contributed by atoms with Crippen LogP contribution < -0.4 is 10.6 Å². The molecule has 0 aliphatic carbocycles. The summed E-state index contributed by atoms with van der Waals surface area (Å²) in [5.41, 5.74) is 5.80. The first-order chi connectivity index (χ1) is 12.3. The molecule has 25 heavy (non-hydrogen) atoms. The Kier molecular flexibility index (Phi) is 3.96. The van der Waals surface area contributed by atoms with Crippen LogP contribution in [0, 0.1) is 11.3 Å². The van der Waals surface area contributed by atoms with Gasteiger partial charge in [0.2, 0.25) is 0 Å². The molecule has 0 unspecified atom stereocenters. The van der Waals surface area contributed by atoms with Crippen molar-refractivity contribution in [3.63, 3.8) is 0 Å². The summed E-state index contributed by atoms with van der Waals surface area (Å²) >= 11 is 0. The van der Waals surface area contributed by atoms with Crippen LogP contribution in [0.1, 0.15) is 32.6 Å². The van der Waals surface area contributed by atoms with E-state index < -0.39 is 0 Å². The number of aromatic nitrogens is 1. The summed E-state index contributed by atoms with van der Waals surface area (Å²) in [6.07, 6.45) is 2.65. The van der Waals surface area contributed by atoms with Crippen LogP contribution in [-0.2, 0) is 19.5 Å². The summed E-state index contributed by atoms with van der Waals surface area (Å²) in [7, 11) is 0. The van der Waals surface area contributed by atoms with E-state index in [1.54, 1.807) is 18.3 Å². The van der Waals surface area contributed by atoms with Crippen LogP contribution in [-0.4, -0.2) is 17.4 Å². The van der Waals surface area contributed by atoms with Gasteiger partial charge in [0.15, 0.2) is 0 Å². The number of nitrogens with one attached hydrogen (secondary N) is 3. The third kappa shape index (κ3) is 2.88. The van der Waals surface area contributed by atoms with E-state index in [0.29, 0.717) is 17.7 Å². The third-order valence-corrected chi connectivity index (χ3v) is 4.74. The van der Waals surface area contributed by atoms with Crippen LogP contribution >= 0.6 is 0 Å². The third-order valence-electron chi connectivity index (χ3n) is 4.74. The lowest BCUT2D eigenvalue weighted by atomic mass is 9.95. The van der Waals surface area contributed by atoms with Crippen molar-refractivity contribution in [3.8, 4) is 6.07 Å². The van der Waals surface area contributed by atoms with Gasteiger partial charge in [0.25, 0.3) is 5.91 Å². The van der Waals surface area contributed by atoms with Gasteiger partial charge in [-0.15, -0.1) is 0 Å². The molecule has 4 rings (SSSR count). The highest BCUT2D eigenvalue weighted by Gasteiger charge is 2.14. The molecule has 5 heteroatoms. The molecule has 1 aliphatic rings. The molecule has 0 radical (unpaired) electrons. The monoisotopic (exact) mass is 330 g/mol. The normalized spacial score (nSPS) is 13.2. The number of benzene rings is 2. The van der Waals surface area contributed by atoms with E-state index in [4.69, 9.17) is 5.26 Å². The number of hydrogen-bond donors (Lipinski definition) is 3. The molecule has 0 saturated heterocycles. The predicted octanol–water partition coefficient (Wildman–Crippen LogP) is 2.62. The Bertz CT molecular complexity index is 997. The minimum atomic E-state index is -0.126. The number of fused-ring (bicyclic) bond motifs is 2. The molecule has 0 saturated carbocycles. The minimum Gasteiger partial charge on any atom is -0.360 e. The van der Waals surface area contributed by atoms with E-state index >= 15 is 0 Å². The molecule has 0 fully saturated rings. The van der Waals surface area contributed by atoms with Crippen molar-refractivity contribution < 1.29 is 4.79 Å². The maximum atomic E-state index is 12.5. The molecule has 1 aromatic heterocycles. The average Bonchev–Trinajstić information content (AvgIpc) is 3.08. The fourth-order valence-corrected chi connectivity index (χ4v) is 3.41. The summed E-state index contributed by atoms with van der Waals surface area (Å²) in [5, 5.41) is 16.3. The quantitative estimate of drug-likeness (QED) is 0.690. The van der Waals surface area contributed by atoms with Crippen molar-refractivity contribution >= 4 is 16.8 Å². The lowest BCUT2D eigenvalue weighted by Gasteiger charge is -2.20. The first-order valence-corrected chi connectivity index (χ1v) is 8.36. The second kappa shape index (κ2) is 6.42. The number of amides is 1. The summed E-state index contributed by atoms with van der Waals surface area (Å²) in [5.74, 6) is -0.126. The van der Waals surface area contributed by atoms with E-state index in [2.05, 4.69) is 33.8 Å². The second-order valence-corrected chi connectivity index (χ2v) is 6.24. The predicted molar refractivity (Wildman–Crippen MR) is 96.0 cm³/mol. The Morgan fingerprint density at radius 3 is 3.08 bits per heavy atom. The second-order valence-electron chi connectivity index (χ2n) is 6.24. The van der Waals surface area contributed by atoms with Crippen LogP contribution in [0.25, 0.3) is 10.9 Å². The number of H-pyrrole nitrogens is 1. The smallest absolute Gasteiger partial charge is 0.251 e. The maximum Gasteiger partial charge on any atom is 0.251 e. The summed E-state index contributed by atoms with van der Waals surface area (Å²) in [6, 6.07) is 13.8. The zero-order valence-electron chi connectivity index (χ0n) is 13.7. The van der Waals surface area contributed by atoms with Crippen LogP contribution in [0.2, 0.25) is 0 Å². The van der Waals surface area contributed by atoms with Gasteiger partial charge in [0.1, 0.15) is 6.07 Å². The van der Waals surface area contributed by atoms with Crippen molar-refractivity contribution in [2.24, 2.45) is 0 Å². The first-order valence-electron chi connectivity index (χ1n) is 8.36. The number of rotatable bonds is 3. The number of carbonyl (C=O) groups excluding carboxylic acids is 1. The molecular formula is C20H18N4O. The van der Waals surface area contributed by atoms with Crippen molar-refractivity contribution in [3.05, 3.63) is 70.4 Å². The number of aromatic amines is 1. The number of hydrogen-bond acceptors (Lipinski definition) is 3. The van der Waals surface area contributed by atoms with E-state index in [9.17, 15) is 4.79 Å². The van der Waals surface area contributed by atoms with Crippen molar-refractivity contribution in [1.29, 1.82) is 5.26 Å². The lowest BCUT2D eigenvalue weighted by molar-refractivity contribution is 0.0951. The summed E-state index contributed by atoms with van der Waals surface area (Å²) in [4.78, 5) is 15.6. The van der Waals surface area contributed by atoms with Crippen LogP contribution in [0.5, 0.6) is 0 Å². The van der Waals surface area contributed by atoms with Gasteiger partial charge in [-0.25, -0.2) is 0 Å². The largest absolute Gasteiger partial charge is 0.360 e. The number of nitrogens with zero attached hydrogens (tertiary/aromatic N) is 1. The minimum absolute atomic E-state index is 0.126. The number of nitriles is 1. The topological polar surface area (TPSA) is 80.7 Å². The average molecular weight is 330 g/mol. The van der Waals surface area contributed by atoms with Crippen molar-refractivity contribution in [1.82, 2.24) is 15.6 Å². The van der Waals surface area contributed by atoms with E-state index in [1.807, 2.05) is 12.1 Å². The Hall–Kier alpha value is -3.10. The Balaban J connectivity index is 1.54. The van der Waals surface area contributed by atoms with Gasteiger partial charge in [-0.2, -0.15) is 5.26 Å². The Labute approximate surface area is 145 Å². The Morgan fingerprint density at radius 2 is 2.20 bits per heavy atom. The molecule has 1 aliphatic heterocycles. The molecule has 1 amide bonds. The van der Waals surface area contributed by atoms with Gasteiger partial charge in [-0.1, -0.05) is 18.2 Å². The molecule has 2 aromatic carbocycles. The first kappa shape index (κ1) is 15.4. The zero-order chi connectivity index (χ0) is 17.2. The highest BCUT2D eigenvalue weighted by Crippen LogP contribution is 2.20. The number of carbonyl (C=O) groups is 1. The molecule has 0 bridgehead atoms. The highest BCUT2D eigenvalue weighted by atomic mass is 16.1. The van der Waals surface area contributed by atoms with Gasteiger partial charge in [0, 0.05) is 35.8 Å². The van der Waals surface area contributed by atoms with Crippen LogP contribution in [0.4, 0.5) is 0 Å². The fourth-order valence-electron chi connectivity index (χ4n) is 3.41. The van der Waals surface area contributed by atoms with E-state index in [1.165, 1.54) is 16.7 Å². The van der Waals surface area contributed by atoms with Gasteiger partial charge >= 0.3 is 0 Å². The van der Waals surface area contributed by atoms with Gasteiger partial charge < -0.3 is 15.6 Å². The van der Waals surface area contributed by atoms with Gasteiger partial charge in [0.05, 0.1) is 5.56 Å². The van der Waals surface area contributed by atoms with E-state index in [-0.39, 0.29) is 5.91 Å². The lowest BCUT2D eigenvalue weighted by Crippen LogP contribution is -2.27. The van der Waals surface area contributed by atoms with Gasteiger partial charge in [-0.3, -0.25) is 4.79 Å². The summed E-state index contributed by atoms with van der Waals surface area (Å²) < 4.78 is 0. The fraction of sp³-hybridized carbons (Fsp3) is 0.200. The van der Waals surface area contributed by atoms with Crippen molar-refractivity contribution in [2.45, 2.75) is 19.5 Å². The Morgan fingerprint density at radius 1 is 1.28 bits per heavy atom. The molecule has 3 N–H and O–H groups in total. The molecule has 124 valence electrons. The van der Waals surface area contributed by atoms with Gasteiger partial charge in [-0.05, 0) is 47.9 Å². The summed E-state index contributed by atoms with van der Waals surface area (Å²) in [6.45, 7) is 2.37. The molecule has 2 heterocycles. The van der Waals surface area contributed by atoms with Crippen LogP contribution in [0.3, 0.4) is 0 Å². The highest BCUT2D eigenvalue weighted by molar-refractivity contribution is 5.99. The maximum absolute atomic E-state index is 12.5. The molecular weight excluding hydrogens is 312 g/mol. The molecule has 3 aromatic rings. The zero-order valence-corrected chi connectivity index (χ0v) is 13.7. The van der Waals surface area contributed by atoms with Crippen molar-refractivity contribution in [2.75, 3.05) is 6.54 Å². The molecule has 0 spiro atoms.